The van der Waals surface area contributed by atoms with Gasteiger partial charge in [-0.05, 0) is 30.7 Å². The third-order valence-electron chi connectivity index (χ3n) is 4.15. The van der Waals surface area contributed by atoms with Crippen LogP contribution in [0.1, 0.15) is 12.5 Å². The number of aliphatic hydroxyl groups is 1. The molecule has 0 bridgehead atoms. The van der Waals surface area contributed by atoms with Crippen molar-refractivity contribution in [2.45, 2.75) is 13.0 Å². The van der Waals surface area contributed by atoms with E-state index in [2.05, 4.69) is 22.9 Å². The number of aromatic amines is 1. The third kappa shape index (κ3) is 2.37. The number of H-pyrrole nitrogens is 1. The summed E-state index contributed by atoms with van der Waals surface area (Å²) in [6.07, 6.45) is 3.87. The van der Waals surface area contributed by atoms with Gasteiger partial charge < -0.3 is 10.1 Å². The second-order valence-electron chi connectivity index (χ2n) is 5.72. The van der Waals surface area contributed by atoms with E-state index >= 15 is 0 Å². The van der Waals surface area contributed by atoms with Gasteiger partial charge in [0.2, 0.25) is 0 Å². The molecule has 5 heteroatoms. The molecule has 3 rings (SSSR count). The summed E-state index contributed by atoms with van der Waals surface area (Å²) in [6.45, 7) is 2.99. The number of halogens is 2. The fourth-order valence-corrected chi connectivity index (χ4v) is 3.40. The topological polar surface area (TPSA) is 39.3 Å². The van der Waals surface area contributed by atoms with E-state index < -0.39 is 5.82 Å². The number of rotatable bonds is 2. The molecule has 0 saturated heterocycles. The summed E-state index contributed by atoms with van der Waals surface area (Å²) in [5.41, 5.74) is 2.53. The van der Waals surface area contributed by atoms with Crippen LogP contribution in [0.25, 0.3) is 16.5 Å². The van der Waals surface area contributed by atoms with Gasteiger partial charge in [0.05, 0.1) is 23.2 Å². The minimum atomic E-state index is -0.433. The molecule has 21 heavy (non-hydrogen) atoms. The number of likely N-dealkylation sites (N-methyl/N-ethyl adjacent to an activating group) is 1. The van der Waals surface area contributed by atoms with Crippen LogP contribution in [0.4, 0.5) is 4.39 Å². The van der Waals surface area contributed by atoms with Crippen molar-refractivity contribution in [1.82, 2.24) is 9.88 Å². The summed E-state index contributed by atoms with van der Waals surface area (Å²) in [5, 5.41) is 10.5. The molecule has 0 spiro atoms. The van der Waals surface area contributed by atoms with Crippen molar-refractivity contribution in [3.05, 3.63) is 40.8 Å². The van der Waals surface area contributed by atoms with Gasteiger partial charge in [-0.15, -0.1) is 0 Å². The zero-order valence-corrected chi connectivity index (χ0v) is 12.8. The minimum absolute atomic E-state index is 0.00149. The third-order valence-corrected chi connectivity index (χ3v) is 4.53. The fraction of sp³-hybridized carbons (Fsp3) is 0.375. The van der Waals surface area contributed by atoms with Crippen LogP contribution in [-0.4, -0.2) is 41.2 Å². The molecule has 3 nitrogen and oxygen atoms in total. The van der Waals surface area contributed by atoms with Crippen molar-refractivity contribution in [2.24, 2.45) is 5.92 Å². The summed E-state index contributed by atoms with van der Waals surface area (Å²) in [7, 11) is 1.97. The Morgan fingerprint density at radius 1 is 1.52 bits per heavy atom. The molecule has 1 aromatic carbocycles. The lowest BCUT2D eigenvalue weighted by Crippen LogP contribution is -2.41. The van der Waals surface area contributed by atoms with E-state index in [9.17, 15) is 9.50 Å². The number of aliphatic hydroxyl groups excluding tert-OH is 1. The first-order chi connectivity index (χ1) is 10.0. The van der Waals surface area contributed by atoms with Crippen LogP contribution < -0.4 is 0 Å². The molecular formula is C16H18ClFN2O. The highest BCUT2D eigenvalue weighted by Crippen LogP contribution is 2.36. The highest BCUT2D eigenvalue weighted by atomic mass is 35.5. The van der Waals surface area contributed by atoms with Crippen molar-refractivity contribution in [3.8, 4) is 0 Å². The molecule has 1 aliphatic rings. The Morgan fingerprint density at radius 3 is 3.00 bits per heavy atom. The van der Waals surface area contributed by atoms with E-state index in [0.717, 1.165) is 23.2 Å². The van der Waals surface area contributed by atoms with Gasteiger partial charge in [0.25, 0.3) is 0 Å². The van der Waals surface area contributed by atoms with Crippen molar-refractivity contribution in [2.75, 3.05) is 20.2 Å². The molecule has 0 aliphatic carbocycles. The maximum atomic E-state index is 14.1. The number of hydrogen-bond acceptors (Lipinski definition) is 2. The van der Waals surface area contributed by atoms with Crippen molar-refractivity contribution in [1.29, 1.82) is 0 Å². The van der Waals surface area contributed by atoms with Gasteiger partial charge in [-0.25, -0.2) is 4.39 Å². The summed E-state index contributed by atoms with van der Waals surface area (Å²) >= 11 is 6.03. The summed E-state index contributed by atoms with van der Waals surface area (Å²) in [6, 6.07) is 3.10. The Hall–Kier alpha value is -1.36. The highest BCUT2D eigenvalue weighted by molar-refractivity contribution is 6.35. The number of nitrogens with zero attached hydrogens (tertiary/aromatic N) is 1. The lowest BCUT2D eigenvalue weighted by molar-refractivity contribution is 0.167. The molecular weight excluding hydrogens is 291 g/mol. The van der Waals surface area contributed by atoms with E-state index in [-0.39, 0.29) is 17.7 Å². The number of aromatic nitrogens is 1. The largest absolute Gasteiger partial charge is 0.394 e. The van der Waals surface area contributed by atoms with Crippen LogP contribution in [0.5, 0.6) is 0 Å². The first-order valence-electron chi connectivity index (χ1n) is 7.01. The zero-order chi connectivity index (χ0) is 15.1. The Morgan fingerprint density at radius 2 is 2.29 bits per heavy atom. The smallest absolute Gasteiger partial charge is 0.143 e. The van der Waals surface area contributed by atoms with E-state index in [1.165, 1.54) is 6.07 Å². The molecule has 2 atom stereocenters. The lowest BCUT2D eigenvalue weighted by atomic mass is 9.89. The van der Waals surface area contributed by atoms with Crippen LogP contribution >= 0.6 is 11.6 Å². The average Bonchev–Trinajstić information content (AvgIpc) is 2.91. The molecule has 0 saturated carbocycles. The normalized spacial score (nSPS) is 23.6. The van der Waals surface area contributed by atoms with Gasteiger partial charge in [0, 0.05) is 23.7 Å². The molecule has 0 amide bonds. The molecule has 1 unspecified atom stereocenters. The van der Waals surface area contributed by atoms with Gasteiger partial charge in [-0.2, -0.15) is 0 Å². The zero-order valence-electron chi connectivity index (χ0n) is 12.0. The second kappa shape index (κ2) is 5.44. The van der Waals surface area contributed by atoms with Gasteiger partial charge in [-0.1, -0.05) is 24.6 Å². The molecule has 112 valence electrons. The number of benzene rings is 1. The van der Waals surface area contributed by atoms with Crippen molar-refractivity contribution in [3.63, 3.8) is 0 Å². The molecule has 1 aromatic heterocycles. The van der Waals surface area contributed by atoms with Crippen LogP contribution in [0.2, 0.25) is 5.02 Å². The van der Waals surface area contributed by atoms with Crippen LogP contribution in [-0.2, 0) is 0 Å². The van der Waals surface area contributed by atoms with Crippen LogP contribution in [0.15, 0.2) is 24.4 Å². The number of nitrogens with one attached hydrogen (secondary N) is 1. The average molecular weight is 309 g/mol. The maximum absolute atomic E-state index is 14.1. The van der Waals surface area contributed by atoms with Gasteiger partial charge in [0.1, 0.15) is 5.82 Å². The standard InChI is InChI=1S/C16H18ClFN2O/c1-9-5-11(14(8-21)20(2)7-9)12-6-13(18)15(17)10-3-4-19-16(10)12/h3-6,9,14,19,21H,7-8H2,1-2H3/t9-,14?/m1/s1. The quantitative estimate of drug-likeness (QED) is 0.893. The summed E-state index contributed by atoms with van der Waals surface area (Å²) < 4.78 is 14.1. The fourth-order valence-electron chi connectivity index (χ4n) is 3.19. The highest BCUT2D eigenvalue weighted by Gasteiger charge is 2.28. The summed E-state index contributed by atoms with van der Waals surface area (Å²) in [4.78, 5) is 5.23. The first-order valence-corrected chi connectivity index (χ1v) is 7.39. The SMILES string of the molecule is C[C@@H]1C=C(c2cc(F)c(Cl)c3cc[nH]c23)C(CO)N(C)C1. The molecule has 1 aliphatic heterocycles. The molecule has 0 fully saturated rings. The second-order valence-corrected chi connectivity index (χ2v) is 6.10. The van der Waals surface area contributed by atoms with E-state index in [0.29, 0.717) is 11.3 Å². The van der Waals surface area contributed by atoms with Crippen molar-refractivity contribution >= 4 is 28.1 Å². The van der Waals surface area contributed by atoms with Gasteiger partial charge >= 0.3 is 0 Å². The van der Waals surface area contributed by atoms with Gasteiger partial charge in [-0.3, -0.25) is 4.90 Å². The molecule has 0 radical (unpaired) electrons. The Bertz CT molecular complexity index is 710. The van der Waals surface area contributed by atoms with Crippen molar-refractivity contribution < 1.29 is 9.50 Å². The first kappa shape index (κ1) is 14.6. The molecule has 2 N–H and O–H groups in total. The molecule has 2 aromatic rings. The van der Waals surface area contributed by atoms with Crippen LogP contribution in [0.3, 0.4) is 0 Å². The van der Waals surface area contributed by atoms with E-state index in [1.807, 2.05) is 7.05 Å². The van der Waals surface area contributed by atoms with Gasteiger partial charge in [0.15, 0.2) is 0 Å². The maximum Gasteiger partial charge on any atom is 0.143 e. The summed E-state index contributed by atoms with van der Waals surface area (Å²) in [5.74, 6) is -0.0891. The lowest BCUT2D eigenvalue weighted by Gasteiger charge is -2.35. The Labute approximate surface area is 128 Å². The number of fused-ring (bicyclic) bond motifs is 1. The predicted octanol–water partition coefficient (Wildman–Crippen LogP) is 3.29. The predicted molar refractivity (Wildman–Crippen MR) is 83.9 cm³/mol. The Balaban J connectivity index is 2.23. The number of hydrogen-bond donors (Lipinski definition) is 2. The minimum Gasteiger partial charge on any atom is -0.394 e. The van der Waals surface area contributed by atoms with E-state index in [4.69, 9.17) is 11.6 Å². The van der Waals surface area contributed by atoms with E-state index in [1.54, 1.807) is 12.3 Å². The monoisotopic (exact) mass is 308 g/mol. The molecule has 2 heterocycles. The Kier molecular flexibility index (Phi) is 3.78. The van der Waals surface area contributed by atoms with Crippen LogP contribution in [0, 0.1) is 11.7 Å².